The number of esters is 3. The smallest absolute Gasteiger partial charge is 0.306 e. The zero-order chi connectivity index (χ0) is 47.2. The van der Waals surface area contributed by atoms with Crippen LogP contribution in [0, 0.1) is 0 Å². The lowest BCUT2D eigenvalue weighted by atomic mass is 10.1. The Bertz CT molecular complexity index is 1360. The van der Waals surface area contributed by atoms with Crippen LogP contribution in [0.4, 0.5) is 0 Å². The third-order valence-corrected chi connectivity index (χ3v) is 10.9. The minimum atomic E-state index is -0.806. The van der Waals surface area contributed by atoms with Gasteiger partial charge in [0.05, 0.1) is 0 Å². The van der Waals surface area contributed by atoms with E-state index in [-0.39, 0.29) is 31.1 Å². The van der Waals surface area contributed by atoms with Crippen molar-refractivity contribution < 1.29 is 28.6 Å². The number of allylic oxidation sites excluding steroid dienone is 18. The lowest BCUT2D eigenvalue weighted by molar-refractivity contribution is -0.167. The van der Waals surface area contributed by atoms with Crippen molar-refractivity contribution in [1.29, 1.82) is 0 Å². The highest BCUT2D eigenvalue weighted by atomic mass is 16.6. The minimum absolute atomic E-state index is 0.102. The van der Waals surface area contributed by atoms with E-state index in [0.29, 0.717) is 19.3 Å². The molecule has 0 spiro atoms. The normalized spacial score (nSPS) is 13.0. The average Bonchev–Trinajstić information content (AvgIpc) is 3.30. The Morgan fingerprint density at radius 2 is 0.615 bits per heavy atom. The van der Waals surface area contributed by atoms with Gasteiger partial charge >= 0.3 is 17.9 Å². The van der Waals surface area contributed by atoms with Crippen molar-refractivity contribution in [2.45, 2.75) is 232 Å². The van der Waals surface area contributed by atoms with Crippen LogP contribution in [0.15, 0.2) is 109 Å². The van der Waals surface area contributed by atoms with Gasteiger partial charge in [-0.3, -0.25) is 14.4 Å². The lowest BCUT2D eigenvalue weighted by Crippen LogP contribution is -2.30. The van der Waals surface area contributed by atoms with Crippen molar-refractivity contribution in [3.05, 3.63) is 109 Å². The van der Waals surface area contributed by atoms with Crippen molar-refractivity contribution in [3.63, 3.8) is 0 Å². The van der Waals surface area contributed by atoms with Gasteiger partial charge < -0.3 is 14.2 Å². The Morgan fingerprint density at radius 1 is 0.323 bits per heavy atom. The summed E-state index contributed by atoms with van der Waals surface area (Å²) in [5.41, 5.74) is 0. The van der Waals surface area contributed by atoms with Crippen LogP contribution in [-0.2, 0) is 28.6 Å². The summed E-state index contributed by atoms with van der Waals surface area (Å²) in [7, 11) is 0. The van der Waals surface area contributed by atoms with E-state index in [4.69, 9.17) is 14.2 Å². The molecule has 0 aromatic rings. The third-order valence-electron chi connectivity index (χ3n) is 10.9. The van der Waals surface area contributed by atoms with Crippen molar-refractivity contribution in [1.82, 2.24) is 0 Å². The van der Waals surface area contributed by atoms with Gasteiger partial charge in [-0.2, -0.15) is 0 Å². The Kier molecular flexibility index (Phi) is 49.5. The molecule has 0 aliphatic carbocycles. The van der Waals surface area contributed by atoms with Gasteiger partial charge in [0.25, 0.3) is 0 Å². The highest BCUT2D eigenvalue weighted by Crippen LogP contribution is 2.13. The molecule has 65 heavy (non-hydrogen) atoms. The zero-order valence-electron chi connectivity index (χ0n) is 42.0. The molecule has 368 valence electrons. The summed E-state index contributed by atoms with van der Waals surface area (Å²) in [6, 6.07) is 0. The summed E-state index contributed by atoms with van der Waals surface area (Å²) < 4.78 is 16.8. The monoisotopic (exact) mass is 901 g/mol. The Balaban J connectivity index is 4.52. The second kappa shape index (κ2) is 52.7. The number of carbonyl (C=O) groups excluding carboxylic acids is 3. The summed E-state index contributed by atoms with van der Waals surface area (Å²) in [6.07, 6.45) is 70.6. The molecule has 0 saturated carbocycles. The van der Waals surface area contributed by atoms with Gasteiger partial charge in [-0.15, -0.1) is 0 Å². The molecule has 0 fully saturated rings. The van der Waals surface area contributed by atoms with Gasteiger partial charge in [-0.1, -0.05) is 226 Å². The van der Waals surface area contributed by atoms with Crippen LogP contribution in [0.5, 0.6) is 0 Å². The first-order chi connectivity index (χ1) is 32.0. The quantitative estimate of drug-likeness (QED) is 0.0199. The van der Waals surface area contributed by atoms with Crippen molar-refractivity contribution >= 4 is 17.9 Å². The molecule has 0 bridgehead atoms. The standard InChI is InChI=1S/C59H96O6/c1-4-7-10-13-16-19-22-25-27-29-30-31-33-34-37-40-43-46-49-52-58(61)64-55-56(54-63-57(60)51-48-45-42-39-36-24-21-18-15-12-9-6-3)65-59(62)53-50-47-44-41-38-35-32-28-26-23-20-17-14-11-8-5-2/h7,10,13,16,18-19,21-22,25,27-34,37,56H,4-6,8-9,11-12,14-15,17,20,23-24,26,35-36,38-55H2,1-3H3/b10-7-,16-13-,21-18-,22-19-,27-25-,30-29+,32-28-,33-31-,37-34-. The second-order valence-electron chi connectivity index (χ2n) is 17.2. The van der Waals surface area contributed by atoms with E-state index in [1.54, 1.807) is 0 Å². The number of unbranched alkanes of at least 4 members (excludes halogenated alkanes) is 23. The first-order valence-electron chi connectivity index (χ1n) is 26.5. The topological polar surface area (TPSA) is 78.9 Å². The van der Waals surface area contributed by atoms with Gasteiger partial charge in [0.1, 0.15) is 13.2 Å². The molecule has 0 amide bonds. The maximum Gasteiger partial charge on any atom is 0.306 e. The molecule has 0 aliphatic heterocycles. The van der Waals surface area contributed by atoms with E-state index >= 15 is 0 Å². The van der Waals surface area contributed by atoms with Gasteiger partial charge in [0, 0.05) is 19.3 Å². The minimum Gasteiger partial charge on any atom is -0.462 e. The Morgan fingerprint density at radius 3 is 1.03 bits per heavy atom. The number of ether oxygens (including phenoxy) is 3. The van der Waals surface area contributed by atoms with Crippen LogP contribution >= 0.6 is 0 Å². The second-order valence-corrected chi connectivity index (χ2v) is 17.2. The van der Waals surface area contributed by atoms with Gasteiger partial charge in [0.2, 0.25) is 0 Å². The molecular formula is C59H96O6. The Hall–Kier alpha value is -3.93. The SMILES string of the molecule is CC\C=C/C=C\C=C/C=C\C=C\C=C/C=C\CCCCCC(=O)OCC(COC(=O)CCCCCCC/C=C\CCCCC)OC(=O)CCCCCCC/C=C\CCCCCCCCC. The van der Waals surface area contributed by atoms with Crippen LogP contribution in [0.25, 0.3) is 0 Å². The molecule has 0 heterocycles. The molecule has 0 rings (SSSR count). The zero-order valence-corrected chi connectivity index (χ0v) is 42.0. The van der Waals surface area contributed by atoms with Crippen molar-refractivity contribution in [2.75, 3.05) is 13.2 Å². The molecule has 0 saturated heterocycles. The van der Waals surface area contributed by atoms with E-state index in [2.05, 4.69) is 57.2 Å². The van der Waals surface area contributed by atoms with E-state index in [1.165, 1.54) is 89.9 Å². The Labute approximate surface area is 400 Å². The molecule has 6 nitrogen and oxygen atoms in total. The van der Waals surface area contributed by atoms with Gasteiger partial charge in [-0.25, -0.2) is 0 Å². The molecule has 6 heteroatoms. The van der Waals surface area contributed by atoms with Crippen LogP contribution in [0.3, 0.4) is 0 Å². The summed E-state index contributed by atoms with van der Waals surface area (Å²) in [4.78, 5) is 38.0. The summed E-state index contributed by atoms with van der Waals surface area (Å²) in [5.74, 6) is -0.969. The number of hydrogen-bond acceptors (Lipinski definition) is 6. The maximum atomic E-state index is 12.8. The van der Waals surface area contributed by atoms with E-state index < -0.39 is 6.10 Å². The van der Waals surface area contributed by atoms with Gasteiger partial charge in [0.15, 0.2) is 6.10 Å². The fourth-order valence-corrected chi connectivity index (χ4v) is 6.94. The van der Waals surface area contributed by atoms with E-state index in [1.807, 2.05) is 72.9 Å². The highest BCUT2D eigenvalue weighted by molar-refractivity contribution is 5.71. The predicted molar refractivity (Wildman–Crippen MR) is 279 cm³/mol. The molecular weight excluding hydrogens is 805 g/mol. The lowest BCUT2D eigenvalue weighted by Gasteiger charge is -2.18. The predicted octanol–water partition coefficient (Wildman–Crippen LogP) is 17.5. The molecule has 1 atom stereocenters. The summed E-state index contributed by atoms with van der Waals surface area (Å²) in [6.45, 7) is 6.40. The highest BCUT2D eigenvalue weighted by Gasteiger charge is 2.19. The van der Waals surface area contributed by atoms with Crippen LogP contribution in [-0.4, -0.2) is 37.2 Å². The van der Waals surface area contributed by atoms with E-state index in [9.17, 15) is 14.4 Å². The number of hydrogen-bond donors (Lipinski definition) is 0. The van der Waals surface area contributed by atoms with Crippen LogP contribution < -0.4 is 0 Å². The maximum absolute atomic E-state index is 12.8. The molecule has 0 radical (unpaired) electrons. The summed E-state index contributed by atoms with van der Waals surface area (Å²) in [5, 5.41) is 0. The average molecular weight is 901 g/mol. The fraction of sp³-hybridized carbons (Fsp3) is 0.644. The van der Waals surface area contributed by atoms with E-state index in [0.717, 1.165) is 96.3 Å². The molecule has 0 aromatic heterocycles. The van der Waals surface area contributed by atoms with Crippen molar-refractivity contribution in [3.8, 4) is 0 Å². The van der Waals surface area contributed by atoms with Crippen LogP contribution in [0.1, 0.15) is 226 Å². The molecule has 1 unspecified atom stereocenters. The molecule has 0 aromatic carbocycles. The number of rotatable bonds is 46. The fourth-order valence-electron chi connectivity index (χ4n) is 6.94. The largest absolute Gasteiger partial charge is 0.462 e. The first-order valence-corrected chi connectivity index (χ1v) is 26.5. The number of carbonyl (C=O) groups is 3. The van der Waals surface area contributed by atoms with Gasteiger partial charge in [-0.05, 0) is 89.9 Å². The molecule has 0 aliphatic rings. The third kappa shape index (κ3) is 50.9. The van der Waals surface area contributed by atoms with Crippen LogP contribution in [0.2, 0.25) is 0 Å². The molecule has 0 N–H and O–H groups in total. The summed E-state index contributed by atoms with van der Waals surface area (Å²) >= 11 is 0. The first kappa shape index (κ1) is 61.1. The van der Waals surface area contributed by atoms with Crippen molar-refractivity contribution in [2.24, 2.45) is 0 Å².